The van der Waals surface area contributed by atoms with Gasteiger partial charge in [-0.25, -0.2) is 0 Å². The van der Waals surface area contributed by atoms with Gasteiger partial charge in [0.05, 0.1) is 17.0 Å². The summed E-state index contributed by atoms with van der Waals surface area (Å²) in [6, 6.07) is 4.13. The average Bonchev–Trinajstić information content (AvgIpc) is 2.33. The molecule has 0 unspecified atom stereocenters. The van der Waals surface area contributed by atoms with E-state index in [0.717, 1.165) is 0 Å². The highest BCUT2D eigenvalue weighted by Crippen LogP contribution is 2.28. The van der Waals surface area contributed by atoms with E-state index < -0.39 is 16.4 Å². The molecule has 0 atom stereocenters. The molecule has 0 aliphatic carbocycles. The second-order valence-corrected chi connectivity index (χ2v) is 6.17. The molecule has 0 heterocycles. The smallest absolute Gasteiger partial charge is 0.284 e. The zero-order chi connectivity index (χ0) is 16.2. The van der Waals surface area contributed by atoms with Crippen molar-refractivity contribution in [2.75, 3.05) is 6.54 Å². The lowest BCUT2D eigenvalue weighted by molar-refractivity contribution is -0.385. The van der Waals surface area contributed by atoms with Crippen LogP contribution in [0.25, 0.3) is 0 Å². The molecule has 0 aliphatic heterocycles. The van der Waals surface area contributed by atoms with Gasteiger partial charge in [0.2, 0.25) is 5.91 Å². The van der Waals surface area contributed by atoms with Crippen LogP contribution in [0.4, 0.5) is 5.69 Å². The Hall–Kier alpha value is -1.96. The molecule has 2 N–H and O–H groups in total. The van der Waals surface area contributed by atoms with E-state index in [1.54, 1.807) is 0 Å². The van der Waals surface area contributed by atoms with Crippen molar-refractivity contribution >= 4 is 33.4 Å². The van der Waals surface area contributed by atoms with Gasteiger partial charge in [-0.1, -0.05) is 6.07 Å². The SMILES string of the molecule is CC(C)(C)NC(=O)CNC(=O)c1cccc([N+](=O)[O-])c1Br. The monoisotopic (exact) mass is 357 g/mol. The number of hydrogen-bond acceptors (Lipinski definition) is 4. The van der Waals surface area contributed by atoms with Gasteiger partial charge in [0.1, 0.15) is 4.47 Å². The molecule has 0 saturated heterocycles. The van der Waals surface area contributed by atoms with Crippen LogP contribution in [0.1, 0.15) is 31.1 Å². The van der Waals surface area contributed by atoms with Crippen LogP contribution in [-0.2, 0) is 4.79 Å². The Morgan fingerprint density at radius 3 is 2.48 bits per heavy atom. The highest BCUT2D eigenvalue weighted by Gasteiger charge is 2.20. The predicted molar refractivity (Wildman–Crippen MR) is 81.0 cm³/mol. The summed E-state index contributed by atoms with van der Waals surface area (Å²) in [6.45, 7) is 5.27. The number of carbonyl (C=O) groups is 2. The zero-order valence-electron chi connectivity index (χ0n) is 11.9. The molecule has 0 radical (unpaired) electrons. The Labute approximate surface area is 130 Å². The van der Waals surface area contributed by atoms with E-state index in [4.69, 9.17) is 0 Å². The normalized spacial score (nSPS) is 10.9. The minimum atomic E-state index is -0.590. The number of nitrogens with one attached hydrogen (secondary N) is 2. The summed E-state index contributed by atoms with van der Waals surface area (Å²) in [4.78, 5) is 33.8. The summed E-state index contributed by atoms with van der Waals surface area (Å²) in [7, 11) is 0. The van der Waals surface area contributed by atoms with Crippen molar-refractivity contribution in [1.29, 1.82) is 0 Å². The molecule has 0 spiro atoms. The summed E-state index contributed by atoms with van der Waals surface area (Å²) in [6.07, 6.45) is 0. The average molecular weight is 358 g/mol. The summed E-state index contributed by atoms with van der Waals surface area (Å²) in [5.41, 5.74) is -0.497. The molecule has 21 heavy (non-hydrogen) atoms. The van der Waals surface area contributed by atoms with Crippen LogP contribution in [0.3, 0.4) is 0 Å². The fourth-order valence-corrected chi connectivity index (χ4v) is 2.14. The van der Waals surface area contributed by atoms with E-state index in [9.17, 15) is 19.7 Å². The van der Waals surface area contributed by atoms with Gasteiger partial charge in [-0.15, -0.1) is 0 Å². The standard InChI is InChI=1S/C13H16BrN3O4/c1-13(2,3)16-10(18)7-15-12(19)8-5-4-6-9(11(8)14)17(20)21/h4-6H,7H2,1-3H3,(H,15,19)(H,16,18). The van der Waals surface area contributed by atoms with Crippen molar-refractivity contribution in [1.82, 2.24) is 10.6 Å². The fourth-order valence-electron chi connectivity index (χ4n) is 1.55. The summed E-state index contributed by atoms with van der Waals surface area (Å²) >= 11 is 3.04. The van der Waals surface area contributed by atoms with Crippen molar-refractivity contribution in [3.63, 3.8) is 0 Å². The van der Waals surface area contributed by atoms with Gasteiger partial charge in [0.15, 0.2) is 0 Å². The van der Waals surface area contributed by atoms with E-state index in [-0.39, 0.29) is 28.2 Å². The number of nitro groups is 1. The van der Waals surface area contributed by atoms with Gasteiger partial charge >= 0.3 is 0 Å². The number of nitro benzene ring substituents is 1. The molecule has 0 aromatic heterocycles. The molecule has 7 nitrogen and oxygen atoms in total. The lowest BCUT2D eigenvalue weighted by Crippen LogP contribution is -2.45. The third kappa shape index (κ3) is 5.14. The maximum Gasteiger partial charge on any atom is 0.284 e. The lowest BCUT2D eigenvalue weighted by Gasteiger charge is -2.20. The number of rotatable bonds is 4. The van der Waals surface area contributed by atoms with E-state index in [1.807, 2.05) is 20.8 Å². The first-order chi connectivity index (χ1) is 9.61. The molecule has 114 valence electrons. The van der Waals surface area contributed by atoms with E-state index in [2.05, 4.69) is 26.6 Å². The van der Waals surface area contributed by atoms with E-state index in [1.165, 1.54) is 18.2 Å². The zero-order valence-corrected chi connectivity index (χ0v) is 13.5. The Morgan fingerprint density at radius 1 is 1.33 bits per heavy atom. The summed E-state index contributed by atoms with van der Waals surface area (Å²) in [5, 5.41) is 15.9. The first-order valence-electron chi connectivity index (χ1n) is 6.14. The molecule has 0 aliphatic rings. The van der Waals surface area contributed by atoms with Crippen LogP contribution < -0.4 is 10.6 Å². The van der Waals surface area contributed by atoms with E-state index >= 15 is 0 Å². The molecular weight excluding hydrogens is 342 g/mol. The molecule has 1 aromatic carbocycles. The molecule has 0 fully saturated rings. The van der Waals surface area contributed by atoms with E-state index in [0.29, 0.717) is 0 Å². The summed E-state index contributed by atoms with van der Waals surface area (Å²) in [5.74, 6) is -0.896. The van der Waals surface area contributed by atoms with Crippen LogP contribution in [0.5, 0.6) is 0 Å². The molecule has 1 rings (SSSR count). The van der Waals surface area contributed by atoms with Gasteiger partial charge in [-0.05, 0) is 42.8 Å². The minimum absolute atomic E-state index is 0.0868. The number of carbonyl (C=O) groups excluding carboxylic acids is 2. The second-order valence-electron chi connectivity index (χ2n) is 5.38. The Bertz CT molecular complexity index is 581. The fraction of sp³-hybridized carbons (Fsp3) is 0.385. The maximum atomic E-state index is 12.0. The highest BCUT2D eigenvalue weighted by molar-refractivity contribution is 9.10. The molecule has 0 saturated carbocycles. The lowest BCUT2D eigenvalue weighted by atomic mass is 10.1. The van der Waals surface area contributed by atoms with Crippen LogP contribution in [0, 0.1) is 10.1 Å². The van der Waals surface area contributed by atoms with Crippen LogP contribution in [-0.4, -0.2) is 28.8 Å². The third-order valence-electron chi connectivity index (χ3n) is 2.34. The molecule has 0 bridgehead atoms. The first kappa shape index (κ1) is 17.1. The Morgan fingerprint density at radius 2 is 1.95 bits per heavy atom. The number of hydrogen-bond donors (Lipinski definition) is 2. The minimum Gasteiger partial charge on any atom is -0.350 e. The van der Waals surface area contributed by atoms with Crippen molar-refractivity contribution < 1.29 is 14.5 Å². The van der Waals surface area contributed by atoms with Crippen LogP contribution in [0.15, 0.2) is 22.7 Å². The van der Waals surface area contributed by atoms with Crippen LogP contribution >= 0.6 is 15.9 Å². The van der Waals surface area contributed by atoms with Gasteiger partial charge in [0, 0.05) is 11.6 Å². The van der Waals surface area contributed by atoms with Crippen molar-refractivity contribution in [3.8, 4) is 0 Å². The highest BCUT2D eigenvalue weighted by atomic mass is 79.9. The van der Waals surface area contributed by atoms with Crippen molar-refractivity contribution in [2.45, 2.75) is 26.3 Å². The second kappa shape index (κ2) is 6.66. The molecular formula is C13H16BrN3O4. The Balaban J connectivity index is 2.75. The largest absolute Gasteiger partial charge is 0.350 e. The number of amides is 2. The van der Waals surface area contributed by atoms with Gasteiger partial charge in [-0.2, -0.15) is 0 Å². The first-order valence-corrected chi connectivity index (χ1v) is 6.93. The maximum absolute atomic E-state index is 12.0. The number of nitrogens with zero attached hydrogens (tertiary/aromatic N) is 1. The third-order valence-corrected chi connectivity index (χ3v) is 3.18. The van der Waals surface area contributed by atoms with Gasteiger partial charge < -0.3 is 10.6 Å². The molecule has 1 aromatic rings. The molecule has 8 heteroatoms. The molecule has 2 amide bonds. The Kier molecular flexibility index (Phi) is 5.42. The topological polar surface area (TPSA) is 101 Å². The number of benzene rings is 1. The summed E-state index contributed by atoms with van der Waals surface area (Å²) < 4.78 is 0.0868. The van der Waals surface area contributed by atoms with Crippen LogP contribution in [0.2, 0.25) is 0 Å². The number of halogens is 1. The quantitative estimate of drug-likeness (QED) is 0.635. The van der Waals surface area contributed by atoms with Gasteiger partial charge in [0.25, 0.3) is 11.6 Å². The van der Waals surface area contributed by atoms with Crippen molar-refractivity contribution in [2.24, 2.45) is 0 Å². The predicted octanol–water partition coefficient (Wildman–Crippen LogP) is 2.00. The van der Waals surface area contributed by atoms with Crippen molar-refractivity contribution in [3.05, 3.63) is 38.3 Å². The van der Waals surface area contributed by atoms with Gasteiger partial charge in [-0.3, -0.25) is 19.7 Å².